The SMILES string of the molecule is Cc1cccc(/C=C/c2cc(=O)c3c(O)cc(O)c(C4CCN(C)CC4O)c3o2)c1. The normalized spacial score (nSPS) is 20.2. The van der Waals surface area contributed by atoms with Gasteiger partial charge >= 0.3 is 0 Å². The maximum absolute atomic E-state index is 12.8. The second-order valence-corrected chi connectivity index (χ2v) is 8.02. The summed E-state index contributed by atoms with van der Waals surface area (Å²) >= 11 is 0. The number of phenols is 2. The molecule has 0 bridgehead atoms. The van der Waals surface area contributed by atoms with Gasteiger partial charge in [-0.25, -0.2) is 0 Å². The van der Waals surface area contributed by atoms with Crippen LogP contribution in [0.3, 0.4) is 0 Å². The van der Waals surface area contributed by atoms with Gasteiger partial charge in [0.2, 0.25) is 0 Å². The fourth-order valence-electron chi connectivity index (χ4n) is 4.16. The Morgan fingerprint density at radius 1 is 1.13 bits per heavy atom. The third-order valence-corrected chi connectivity index (χ3v) is 5.65. The van der Waals surface area contributed by atoms with Crippen LogP contribution in [0.4, 0.5) is 0 Å². The van der Waals surface area contributed by atoms with Gasteiger partial charge in [0.25, 0.3) is 0 Å². The van der Waals surface area contributed by atoms with Gasteiger partial charge in [0, 0.05) is 30.2 Å². The number of aromatic hydroxyl groups is 2. The zero-order valence-electron chi connectivity index (χ0n) is 17.0. The Morgan fingerprint density at radius 2 is 1.93 bits per heavy atom. The third kappa shape index (κ3) is 3.84. The highest BCUT2D eigenvalue weighted by atomic mass is 16.3. The van der Waals surface area contributed by atoms with E-state index in [0.717, 1.165) is 23.7 Å². The van der Waals surface area contributed by atoms with E-state index in [9.17, 15) is 20.1 Å². The summed E-state index contributed by atoms with van der Waals surface area (Å²) < 4.78 is 5.98. The fraction of sp³-hybridized carbons (Fsp3) is 0.292. The van der Waals surface area contributed by atoms with Crippen molar-refractivity contribution in [3.63, 3.8) is 0 Å². The lowest BCUT2D eigenvalue weighted by atomic mass is 9.85. The number of hydrogen-bond acceptors (Lipinski definition) is 6. The molecular weight excluding hydrogens is 382 g/mol. The van der Waals surface area contributed by atoms with E-state index in [1.54, 1.807) is 6.08 Å². The molecule has 1 aliphatic heterocycles. The molecule has 2 atom stereocenters. The Labute approximate surface area is 174 Å². The number of piperidine rings is 1. The molecule has 30 heavy (non-hydrogen) atoms. The number of likely N-dealkylation sites (N-methyl/N-ethyl adjacent to an activating group) is 1. The molecule has 1 saturated heterocycles. The van der Waals surface area contributed by atoms with Crippen molar-refractivity contribution >= 4 is 23.1 Å². The van der Waals surface area contributed by atoms with Gasteiger partial charge in [0.1, 0.15) is 28.2 Å². The molecule has 0 spiro atoms. The minimum absolute atomic E-state index is 0.0154. The smallest absolute Gasteiger partial charge is 0.197 e. The van der Waals surface area contributed by atoms with Crippen LogP contribution in [0, 0.1) is 6.92 Å². The summed E-state index contributed by atoms with van der Waals surface area (Å²) in [5.74, 6) is -0.612. The van der Waals surface area contributed by atoms with Gasteiger partial charge in [-0.05, 0) is 38.6 Å². The van der Waals surface area contributed by atoms with E-state index in [-0.39, 0.29) is 22.5 Å². The second-order valence-electron chi connectivity index (χ2n) is 8.02. The molecule has 1 aliphatic rings. The van der Waals surface area contributed by atoms with Crippen LogP contribution >= 0.6 is 0 Å². The zero-order chi connectivity index (χ0) is 21.4. The maximum atomic E-state index is 12.8. The molecule has 6 heteroatoms. The predicted octanol–water partition coefficient (Wildman–Crippen LogP) is 3.46. The summed E-state index contributed by atoms with van der Waals surface area (Å²) in [4.78, 5) is 14.8. The second kappa shape index (κ2) is 7.97. The molecule has 0 amide bonds. The highest BCUT2D eigenvalue weighted by Crippen LogP contribution is 2.41. The van der Waals surface area contributed by atoms with Crippen molar-refractivity contribution in [2.45, 2.75) is 25.4 Å². The molecule has 2 aromatic carbocycles. The van der Waals surface area contributed by atoms with E-state index < -0.39 is 17.5 Å². The number of aryl methyl sites for hydroxylation is 1. The number of hydrogen-bond donors (Lipinski definition) is 3. The summed E-state index contributed by atoms with van der Waals surface area (Å²) in [7, 11) is 1.92. The Balaban J connectivity index is 1.85. The molecule has 3 aromatic rings. The number of likely N-dealkylation sites (tertiary alicyclic amines) is 1. The number of fused-ring (bicyclic) bond motifs is 1. The number of rotatable bonds is 3. The third-order valence-electron chi connectivity index (χ3n) is 5.65. The fourth-order valence-corrected chi connectivity index (χ4v) is 4.16. The highest BCUT2D eigenvalue weighted by Gasteiger charge is 2.32. The highest BCUT2D eigenvalue weighted by molar-refractivity contribution is 5.89. The van der Waals surface area contributed by atoms with Gasteiger partial charge in [-0.1, -0.05) is 35.9 Å². The van der Waals surface area contributed by atoms with E-state index in [2.05, 4.69) is 0 Å². The first-order valence-electron chi connectivity index (χ1n) is 9.97. The van der Waals surface area contributed by atoms with E-state index in [0.29, 0.717) is 24.3 Å². The lowest BCUT2D eigenvalue weighted by molar-refractivity contribution is 0.0630. The average molecular weight is 407 g/mol. The topological polar surface area (TPSA) is 94.1 Å². The van der Waals surface area contributed by atoms with Crippen molar-refractivity contribution in [1.29, 1.82) is 0 Å². The average Bonchev–Trinajstić information content (AvgIpc) is 2.67. The minimum atomic E-state index is -0.723. The van der Waals surface area contributed by atoms with Crippen LogP contribution in [-0.4, -0.2) is 46.5 Å². The first kappa shape index (κ1) is 20.2. The number of benzene rings is 2. The van der Waals surface area contributed by atoms with Crippen LogP contribution in [-0.2, 0) is 0 Å². The van der Waals surface area contributed by atoms with E-state index in [1.807, 2.05) is 49.2 Å². The van der Waals surface area contributed by atoms with E-state index >= 15 is 0 Å². The Morgan fingerprint density at radius 3 is 2.67 bits per heavy atom. The van der Waals surface area contributed by atoms with Crippen LogP contribution in [0.15, 0.2) is 45.6 Å². The minimum Gasteiger partial charge on any atom is -0.507 e. The summed E-state index contributed by atoms with van der Waals surface area (Å²) in [5.41, 5.74) is 2.16. The van der Waals surface area contributed by atoms with Crippen LogP contribution in [0.25, 0.3) is 23.1 Å². The maximum Gasteiger partial charge on any atom is 0.197 e. The molecular formula is C24H25NO5. The van der Waals surface area contributed by atoms with Crippen molar-refractivity contribution in [2.24, 2.45) is 0 Å². The summed E-state index contributed by atoms with van der Waals surface area (Å²) in [6, 6.07) is 10.4. The predicted molar refractivity (Wildman–Crippen MR) is 117 cm³/mol. The number of aliphatic hydroxyl groups is 1. The zero-order valence-corrected chi connectivity index (χ0v) is 17.0. The summed E-state index contributed by atoms with van der Waals surface area (Å²) in [5, 5.41) is 31.5. The van der Waals surface area contributed by atoms with Gasteiger partial charge in [-0.15, -0.1) is 0 Å². The van der Waals surface area contributed by atoms with Gasteiger partial charge in [0.05, 0.1) is 6.10 Å². The molecule has 4 rings (SSSR count). The Bertz CT molecular complexity index is 1180. The first-order valence-corrected chi connectivity index (χ1v) is 9.97. The first-order chi connectivity index (χ1) is 14.3. The molecule has 156 valence electrons. The van der Waals surface area contributed by atoms with Crippen LogP contribution < -0.4 is 5.43 Å². The largest absolute Gasteiger partial charge is 0.507 e. The van der Waals surface area contributed by atoms with E-state index in [4.69, 9.17) is 4.42 Å². The molecule has 2 unspecified atom stereocenters. The number of aliphatic hydroxyl groups excluding tert-OH is 1. The quantitative estimate of drug-likeness (QED) is 0.616. The van der Waals surface area contributed by atoms with Gasteiger partial charge in [0.15, 0.2) is 5.43 Å². The van der Waals surface area contributed by atoms with Crippen LogP contribution in [0.2, 0.25) is 0 Å². The van der Waals surface area contributed by atoms with Crippen molar-refractivity contribution in [3.05, 3.63) is 69.1 Å². The molecule has 0 saturated carbocycles. The van der Waals surface area contributed by atoms with Crippen molar-refractivity contribution in [2.75, 3.05) is 20.1 Å². The molecule has 0 radical (unpaired) electrons. The molecule has 6 nitrogen and oxygen atoms in total. The Kier molecular flexibility index (Phi) is 5.37. The molecule has 0 aliphatic carbocycles. The molecule has 1 fully saturated rings. The van der Waals surface area contributed by atoms with Crippen LogP contribution in [0.5, 0.6) is 11.5 Å². The van der Waals surface area contributed by atoms with Gasteiger partial charge in [-0.2, -0.15) is 0 Å². The lowest BCUT2D eigenvalue weighted by Gasteiger charge is -2.34. The standard InChI is InChI=1S/C24H25NO5/c1-14-4-3-5-15(10-14)6-7-16-11-18(26)23-20(28)12-19(27)22(24(23)30-16)17-8-9-25(2)13-21(17)29/h3-7,10-12,17,21,27-29H,8-9,13H2,1-2H3/b7-6+. The number of nitrogens with zero attached hydrogens (tertiary/aromatic N) is 1. The number of phenolic OH excluding ortho intramolecular Hbond substituents is 2. The van der Waals surface area contributed by atoms with Crippen LogP contribution in [0.1, 0.15) is 34.8 Å². The molecule has 2 heterocycles. The molecule has 1 aromatic heterocycles. The van der Waals surface area contributed by atoms with Crippen molar-refractivity contribution < 1.29 is 19.7 Å². The lowest BCUT2D eigenvalue weighted by Crippen LogP contribution is -2.40. The van der Waals surface area contributed by atoms with Gasteiger partial charge < -0.3 is 24.6 Å². The molecule has 3 N–H and O–H groups in total. The van der Waals surface area contributed by atoms with E-state index in [1.165, 1.54) is 6.07 Å². The van der Waals surface area contributed by atoms with Crippen molar-refractivity contribution in [3.8, 4) is 11.5 Å². The van der Waals surface area contributed by atoms with Crippen molar-refractivity contribution in [1.82, 2.24) is 4.90 Å². The number of β-amino-alcohol motifs (C(OH)–C–C–N with tert-alkyl or cyclic N) is 1. The Hall–Kier alpha value is -3.09. The van der Waals surface area contributed by atoms with Gasteiger partial charge in [-0.3, -0.25) is 4.79 Å². The summed E-state index contributed by atoms with van der Waals surface area (Å²) in [6.07, 6.45) is 3.40. The summed E-state index contributed by atoms with van der Waals surface area (Å²) in [6.45, 7) is 3.18. The monoisotopic (exact) mass is 407 g/mol.